The predicted octanol–water partition coefficient (Wildman–Crippen LogP) is 3.56. The third-order valence-electron chi connectivity index (χ3n) is 3.79. The Morgan fingerprint density at radius 1 is 1.22 bits per heavy atom. The molecule has 3 rings (SSSR count). The molecule has 1 aromatic heterocycles. The van der Waals surface area contributed by atoms with Gasteiger partial charge in [-0.25, -0.2) is 4.39 Å². The molecule has 1 heterocycles. The van der Waals surface area contributed by atoms with Crippen LogP contribution in [0.4, 0.5) is 10.1 Å². The molecular formula is C18H17ClFN5O2. The van der Waals surface area contributed by atoms with Crippen molar-refractivity contribution in [3.8, 4) is 11.4 Å². The Labute approximate surface area is 160 Å². The third kappa shape index (κ3) is 4.22. The molecule has 0 fully saturated rings. The summed E-state index contributed by atoms with van der Waals surface area (Å²) in [7, 11) is 0. The van der Waals surface area contributed by atoms with Crippen molar-refractivity contribution in [3.63, 3.8) is 0 Å². The zero-order valence-corrected chi connectivity index (χ0v) is 15.7. The highest BCUT2D eigenvalue weighted by atomic mass is 35.5. The lowest BCUT2D eigenvalue weighted by atomic mass is 10.1. The maximum absolute atomic E-state index is 14.1. The maximum Gasteiger partial charge on any atom is 0.267 e. The number of carbonyl (C=O) groups excluding carboxylic acids is 1. The summed E-state index contributed by atoms with van der Waals surface area (Å²) in [5.74, 6) is 0.0101. The molecule has 7 nitrogen and oxygen atoms in total. The summed E-state index contributed by atoms with van der Waals surface area (Å²) in [6.07, 6.45) is 0. The fourth-order valence-electron chi connectivity index (χ4n) is 2.33. The van der Waals surface area contributed by atoms with Crippen LogP contribution >= 0.6 is 11.6 Å². The van der Waals surface area contributed by atoms with Gasteiger partial charge in [-0.15, -0.1) is 5.10 Å². The molecule has 0 bridgehead atoms. The highest BCUT2D eigenvalue weighted by Crippen LogP contribution is 2.23. The number of nitrogens with one attached hydrogen (secondary N) is 1. The van der Waals surface area contributed by atoms with E-state index in [0.717, 1.165) is 0 Å². The number of ether oxygens (including phenoxy) is 1. The number of anilines is 1. The zero-order chi connectivity index (χ0) is 19.6. The van der Waals surface area contributed by atoms with E-state index in [2.05, 4.69) is 20.8 Å². The first-order valence-electron chi connectivity index (χ1n) is 8.07. The number of hydrogen-bond acceptors (Lipinski definition) is 5. The summed E-state index contributed by atoms with van der Waals surface area (Å²) < 4.78 is 21.1. The topological polar surface area (TPSA) is 81.9 Å². The molecule has 0 saturated carbocycles. The summed E-state index contributed by atoms with van der Waals surface area (Å²) in [6.45, 7) is 4.91. The first-order valence-corrected chi connectivity index (χ1v) is 8.45. The second-order valence-electron chi connectivity index (χ2n) is 6.32. The van der Waals surface area contributed by atoms with E-state index in [4.69, 9.17) is 16.3 Å². The van der Waals surface area contributed by atoms with Crippen LogP contribution in [0.2, 0.25) is 5.02 Å². The molecule has 9 heteroatoms. The molecule has 1 N–H and O–H groups in total. The Morgan fingerprint density at radius 3 is 2.56 bits per heavy atom. The Morgan fingerprint density at radius 2 is 1.93 bits per heavy atom. The molecule has 0 aliphatic carbocycles. The van der Waals surface area contributed by atoms with E-state index in [1.165, 1.54) is 22.9 Å². The smallest absolute Gasteiger partial charge is 0.267 e. The number of rotatable bonds is 5. The SMILES string of the molecule is Cc1nnnn1-c1cc(NC(=O)C(C)(C)Oc2ccc(Cl)cc2)ccc1F. The van der Waals surface area contributed by atoms with Crippen LogP contribution < -0.4 is 10.1 Å². The highest BCUT2D eigenvalue weighted by molar-refractivity contribution is 6.30. The summed E-state index contributed by atoms with van der Waals surface area (Å²) in [6, 6.07) is 10.8. The van der Waals surface area contributed by atoms with Gasteiger partial charge >= 0.3 is 0 Å². The summed E-state index contributed by atoms with van der Waals surface area (Å²) >= 11 is 5.85. The van der Waals surface area contributed by atoms with Gasteiger partial charge in [0.1, 0.15) is 17.3 Å². The van der Waals surface area contributed by atoms with Crippen LogP contribution in [0.1, 0.15) is 19.7 Å². The number of halogens is 2. The number of hydrogen-bond donors (Lipinski definition) is 1. The molecule has 27 heavy (non-hydrogen) atoms. The molecule has 1 amide bonds. The van der Waals surface area contributed by atoms with E-state index >= 15 is 0 Å². The van der Waals surface area contributed by atoms with E-state index in [9.17, 15) is 9.18 Å². The minimum Gasteiger partial charge on any atom is -0.478 e. The monoisotopic (exact) mass is 389 g/mol. The number of aryl methyl sites for hydroxylation is 1. The molecule has 2 aromatic carbocycles. The molecule has 0 spiro atoms. The van der Waals surface area contributed by atoms with Crippen molar-refractivity contribution in [1.82, 2.24) is 20.2 Å². The molecule has 140 valence electrons. The van der Waals surface area contributed by atoms with Gasteiger partial charge < -0.3 is 10.1 Å². The van der Waals surface area contributed by atoms with Gasteiger partial charge in [-0.05, 0) is 73.7 Å². The molecule has 0 unspecified atom stereocenters. The number of tetrazole rings is 1. The van der Waals surface area contributed by atoms with Crippen molar-refractivity contribution in [3.05, 3.63) is 59.1 Å². The van der Waals surface area contributed by atoms with E-state index in [1.807, 2.05) is 0 Å². The van der Waals surface area contributed by atoms with Gasteiger partial charge in [0.2, 0.25) is 0 Å². The number of aromatic nitrogens is 4. The van der Waals surface area contributed by atoms with Crippen molar-refractivity contribution in [2.75, 3.05) is 5.32 Å². The Kier molecular flexibility index (Phi) is 5.09. The minimum absolute atomic E-state index is 0.131. The van der Waals surface area contributed by atoms with Crippen molar-refractivity contribution < 1.29 is 13.9 Å². The van der Waals surface area contributed by atoms with E-state index in [0.29, 0.717) is 22.3 Å². The van der Waals surface area contributed by atoms with Crippen molar-refractivity contribution in [2.45, 2.75) is 26.4 Å². The number of carbonyl (C=O) groups is 1. The van der Waals surface area contributed by atoms with Gasteiger partial charge in [-0.1, -0.05) is 11.6 Å². The molecule has 0 saturated heterocycles. The Balaban J connectivity index is 1.79. The highest BCUT2D eigenvalue weighted by Gasteiger charge is 2.30. The zero-order valence-electron chi connectivity index (χ0n) is 14.9. The van der Waals surface area contributed by atoms with Gasteiger partial charge in [0.25, 0.3) is 5.91 Å². The quantitative estimate of drug-likeness (QED) is 0.721. The molecular weight excluding hydrogens is 373 g/mol. The average Bonchev–Trinajstić information content (AvgIpc) is 3.04. The van der Waals surface area contributed by atoms with Crippen LogP contribution in [-0.2, 0) is 4.79 Å². The standard InChI is InChI=1S/C18H17ClFN5O2/c1-11-22-23-24-25(11)16-10-13(6-9-15(16)20)21-17(26)18(2,3)27-14-7-4-12(19)5-8-14/h4-10H,1-3H3,(H,21,26). The van der Waals surface area contributed by atoms with Gasteiger partial charge in [-0.3, -0.25) is 4.79 Å². The lowest BCUT2D eigenvalue weighted by Gasteiger charge is -2.25. The second-order valence-corrected chi connectivity index (χ2v) is 6.76. The molecule has 0 aliphatic rings. The van der Waals surface area contributed by atoms with Gasteiger partial charge in [0, 0.05) is 10.7 Å². The lowest BCUT2D eigenvalue weighted by molar-refractivity contribution is -0.128. The first kappa shape index (κ1) is 18.8. The Hall–Kier alpha value is -3.00. The minimum atomic E-state index is -1.17. The first-order chi connectivity index (χ1) is 12.8. The number of amides is 1. The summed E-state index contributed by atoms with van der Waals surface area (Å²) in [5, 5.41) is 14.3. The van der Waals surface area contributed by atoms with E-state index in [-0.39, 0.29) is 5.69 Å². The maximum atomic E-state index is 14.1. The van der Waals surface area contributed by atoms with Crippen LogP contribution in [0.3, 0.4) is 0 Å². The fraction of sp³-hybridized carbons (Fsp3) is 0.222. The van der Waals surface area contributed by atoms with Crippen molar-refractivity contribution in [1.29, 1.82) is 0 Å². The normalized spacial score (nSPS) is 11.3. The van der Waals surface area contributed by atoms with Gasteiger partial charge in [-0.2, -0.15) is 4.68 Å². The van der Waals surface area contributed by atoms with Crippen LogP contribution in [0.25, 0.3) is 5.69 Å². The van der Waals surface area contributed by atoms with Crippen molar-refractivity contribution >= 4 is 23.2 Å². The third-order valence-corrected chi connectivity index (χ3v) is 4.04. The van der Waals surface area contributed by atoms with Crippen LogP contribution in [0.15, 0.2) is 42.5 Å². The molecule has 0 atom stereocenters. The molecule has 0 radical (unpaired) electrons. The average molecular weight is 390 g/mol. The second kappa shape index (κ2) is 7.32. The Bertz CT molecular complexity index is 972. The largest absolute Gasteiger partial charge is 0.478 e. The molecule has 3 aromatic rings. The van der Waals surface area contributed by atoms with Crippen LogP contribution in [-0.4, -0.2) is 31.7 Å². The van der Waals surface area contributed by atoms with Crippen LogP contribution in [0, 0.1) is 12.7 Å². The van der Waals surface area contributed by atoms with E-state index in [1.54, 1.807) is 45.0 Å². The van der Waals surface area contributed by atoms with Crippen LogP contribution in [0.5, 0.6) is 5.75 Å². The van der Waals surface area contributed by atoms with E-state index < -0.39 is 17.3 Å². The fourth-order valence-corrected chi connectivity index (χ4v) is 2.46. The number of nitrogens with zero attached hydrogens (tertiary/aromatic N) is 4. The predicted molar refractivity (Wildman–Crippen MR) is 98.6 cm³/mol. The van der Waals surface area contributed by atoms with Crippen molar-refractivity contribution in [2.24, 2.45) is 0 Å². The molecule has 0 aliphatic heterocycles. The number of benzene rings is 2. The summed E-state index contributed by atoms with van der Waals surface area (Å²) in [4.78, 5) is 12.7. The summed E-state index contributed by atoms with van der Waals surface area (Å²) in [5.41, 5.74) is -0.654. The van der Waals surface area contributed by atoms with Gasteiger partial charge in [0.15, 0.2) is 11.4 Å². The van der Waals surface area contributed by atoms with Gasteiger partial charge in [0.05, 0.1) is 0 Å². The lowest BCUT2D eigenvalue weighted by Crippen LogP contribution is -2.42.